The Morgan fingerprint density at radius 1 is 1.25 bits per heavy atom. The maximum absolute atomic E-state index is 13.3. The third-order valence-electron chi connectivity index (χ3n) is 6.13. The van der Waals surface area contributed by atoms with Gasteiger partial charge in [-0.2, -0.15) is 5.26 Å². The van der Waals surface area contributed by atoms with Gasteiger partial charge in [0.25, 0.3) is 11.5 Å². The molecule has 2 fully saturated rings. The fraction of sp³-hybridized carbons (Fsp3) is 0.583. The second-order valence-corrected chi connectivity index (χ2v) is 10.4. The van der Waals surface area contributed by atoms with E-state index in [0.717, 1.165) is 56.6 Å². The summed E-state index contributed by atoms with van der Waals surface area (Å²) in [7, 11) is 0. The first kappa shape index (κ1) is 24.5. The summed E-state index contributed by atoms with van der Waals surface area (Å²) in [5, 5.41) is 9.79. The van der Waals surface area contributed by atoms with Gasteiger partial charge in [-0.1, -0.05) is 51.2 Å². The van der Waals surface area contributed by atoms with Crippen LogP contribution in [-0.2, 0) is 11.3 Å². The lowest BCUT2D eigenvalue weighted by Crippen LogP contribution is -2.40. The number of carbonyl (C=O) groups is 1. The summed E-state index contributed by atoms with van der Waals surface area (Å²) in [6.07, 6.45) is 6.71. The average Bonchev–Trinajstić information content (AvgIpc) is 3.02. The van der Waals surface area contributed by atoms with Crippen LogP contribution in [0.25, 0.3) is 6.08 Å². The second kappa shape index (κ2) is 10.7. The number of nitriles is 1. The topological polar surface area (TPSA) is 69.3 Å². The van der Waals surface area contributed by atoms with E-state index in [1.807, 2.05) is 19.9 Å². The molecule has 8 heteroatoms. The zero-order valence-electron chi connectivity index (χ0n) is 19.4. The Labute approximate surface area is 200 Å². The van der Waals surface area contributed by atoms with Crippen molar-refractivity contribution in [3.8, 4) is 6.07 Å². The quantitative estimate of drug-likeness (QED) is 0.424. The van der Waals surface area contributed by atoms with Gasteiger partial charge in [0.15, 0.2) is 0 Å². The van der Waals surface area contributed by atoms with Gasteiger partial charge in [0.1, 0.15) is 21.8 Å². The summed E-state index contributed by atoms with van der Waals surface area (Å²) in [5.41, 5.74) is 1.36. The van der Waals surface area contributed by atoms with Gasteiger partial charge < -0.3 is 4.90 Å². The fourth-order valence-corrected chi connectivity index (χ4v) is 5.73. The van der Waals surface area contributed by atoms with E-state index in [1.54, 1.807) is 9.47 Å². The van der Waals surface area contributed by atoms with Crippen LogP contribution in [0.2, 0.25) is 0 Å². The maximum Gasteiger partial charge on any atom is 0.270 e. The lowest BCUT2D eigenvalue weighted by molar-refractivity contribution is -0.122. The van der Waals surface area contributed by atoms with Crippen molar-refractivity contribution in [2.75, 3.05) is 24.5 Å². The van der Waals surface area contributed by atoms with E-state index in [1.165, 1.54) is 11.8 Å². The minimum atomic E-state index is -0.234. The minimum absolute atomic E-state index is 0.0935. The van der Waals surface area contributed by atoms with Gasteiger partial charge in [0.2, 0.25) is 0 Å². The molecule has 0 N–H and O–H groups in total. The van der Waals surface area contributed by atoms with Crippen molar-refractivity contribution in [1.82, 2.24) is 9.47 Å². The number of anilines is 1. The largest absolute Gasteiger partial charge is 0.357 e. The van der Waals surface area contributed by atoms with Crippen molar-refractivity contribution in [3.63, 3.8) is 0 Å². The first-order valence-corrected chi connectivity index (χ1v) is 12.7. The number of thioether (sulfide) groups is 1. The third-order valence-corrected chi connectivity index (χ3v) is 7.51. The predicted molar refractivity (Wildman–Crippen MR) is 136 cm³/mol. The number of nitrogens with zero attached hydrogens (tertiary/aromatic N) is 4. The molecule has 0 radical (unpaired) electrons. The van der Waals surface area contributed by atoms with Crippen LogP contribution in [0, 0.1) is 24.2 Å². The summed E-state index contributed by atoms with van der Waals surface area (Å²) in [5.74, 6) is 1.27. The normalized spacial score (nSPS) is 20.3. The zero-order chi connectivity index (χ0) is 23.4. The Morgan fingerprint density at radius 2 is 2.00 bits per heavy atom. The van der Waals surface area contributed by atoms with E-state index in [0.29, 0.717) is 33.8 Å². The van der Waals surface area contributed by atoms with Crippen LogP contribution in [0.3, 0.4) is 0 Å². The highest BCUT2D eigenvalue weighted by Crippen LogP contribution is 2.36. The summed E-state index contributed by atoms with van der Waals surface area (Å²) in [6, 6.07) is 2.12. The van der Waals surface area contributed by atoms with Crippen LogP contribution < -0.4 is 10.5 Å². The van der Waals surface area contributed by atoms with E-state index in [-0.39, 0.29) is 17.0 Å². The molecule has 0 aliphatic carbocycles. The Kier molecular flexibility index (Phi) is 8.18. The Bertz CT molecular complexity index is 1040. The number of hydrogen-bond donors (Lipinski definition) is 0. The van der Waals surface area contributed by atoms with Gasteiger partial charge in [-0.15, -0.1) is 0 Å². The van der Waals surface area contributed by atoms with E-state index in [9.17, 15) is 14.9 Å². The molecular formula is C24H32N4O2S2. The number of aromatic nitrogens is 1. The average molecular weight is 473 g/mol. The highest BCUT2D eigenvalue weighted by molar-refractivity contribution is 8.26. The Hall–Kier alpha value is -2.11. The number of pyridine rings is 1. The molecule has 1 unspecified atom stereocenters. The number of unbranched alkanes of at least 4 members (excludes halogenated alkanes) is 1. The molecule has 2 aliphatic rings. The molecule has 2 saturated heterocycles. The highest BCUT2D eigenvalue weighted by Gasteiger charge is 2.33. The molecule has 1 amide bonds. The van der Waals surface area contributed by atoms with Gasteiger partial charge in [0, 0.05) is 31.7 Å². The number of rotatable bonds is 7. The van der Waals surface area contributed by atoms with E-state index in [2.05, 4.69) is 24.8 Å². The molecule has 32 heavy (non-hydrogen) atoms. The van der Waals surface area contributed by atoms with E-state index in [4.69, 9.17) is 12.2 Å². The molecule has 3 heterocycles. The lowest BCUT2D eigenvalue weighted by Gasteiger charge is -2.36. The molecule has 172 valence electrons. The van der Waals surface area contributed by atoms with Gasteiger partial charge in [-0.3, -0.25) is 19.1 Å². The smallest absolute Gasteiger partial charge is 0.270 e. The molecule has 0 spiro atoms. The molecule has 1 aromatic rings. The Balaban J connectivity index is 2.24. The fourth-order valence-electron chi connectivity index (χ4n) is 4.44. The minimum Gasteiger partial charge on any atom is -0.357 e. The first-order chi connectivity index (χ1) is 15.3. The van der Waals surface area contributed by atoms with E-state index >= 15 is 0 Å². The van der Waals surface area contributed by atoms with Gasteiger partial charge in [0.05, 0.1) is 4.91 Å². The second-order valence-electron chi connectivity index (χ2n) is 8.69. The molecule has 1 atom stereocenters. The summed E-state index contributed by atoms with van der Waals surface area (Å²) < 4.78 is 2.33. The van der Waals surface area contributed by atoms with Crippen LogP contribution >= 0.6 is 24.0 Å². The van der Waals surface area contributed by atoms with Crippen molar-refractivity contribution in [1.29, 1.82) is 5.26 Å². The SMILES string of the molecule is CCCCn1c(N2CCCC(C)C2)c(C=C2SC(=S)N(CCC)C2=O)c(C)c(C#N)c1=O. The molecule has 0 aromatic carbocycles. The molecular weight excluding hydrogens is 440 g/mol. The van der Waals surface area contributed by atoms with Crippen molar-refractivity contribution >= 4 is 46.1 Å². The highest BCUT2D eigenvalue weighted by atomic mass is 32.2. The number of amides is 1. The predicted octanol–water partition coefficient (Wildman–Crippen LogP) is 4.68. The van der Waals surface area contributed by atoms with Crippen LogP contribution in [0.1, 0.15) is 69.6 Å². The summed E-state index contributed by atoms with van der Waals surface area (Å²) in [6.45, 7) is 11.0. The number of piperidine rings is 1. The van der Waals surface area contributed by atoms with Crippen molar-refractivity contribution in [2.45, 2.75) is 66.3 Å². The van der Waals surface area contributed by atoms with Crippen LogP contribution in [0.15, 0.2) is 9.70 Å². The van der Waals surface area contributed by atoms with E-state index < -0.39 is 0 Å². The van der Waals surface area contributed by atoms with Gasteiger partial charge in [-0.25, -0.2) is 0 Å². The van der Waals surface area contributed by atoms with Crippen molar-refractivity contribution < 1.29 is 4.79 Å². The molecule has 3 rings (SSSR count). The molecule has 2 aliphatic heterocycles. The number of thiocarbonyl (C=S) groups is 1. The number of hydrogen-bond acceptors (Lipinski definition) is 6. The summed E-state index contributed by atoms with van der Waals surface area (Å²) >= 11 is 6.75. The van der Waals surface area contributed by atoms with Crippen molar-refractivity contribution in [3.05, 3.63) is 31.9 Å². The van der Waals surface area contributed by atoms with Crippen LogP contribution in [0.5, 0.6) is 0 Å². The lowest BCUT2D eigenvalue weighted by atomic mass is 9.98. The molecule has 0 saturated carbocycles. The maximum atomic E-state index is 13.3. The van der Waals surface area contributed by atoms with Crippen LogP contribution in [0.4, 0.5) is 5.82 Å². The van der Waals surface area contributed by atoms with Gasteiger partial charge in [-0.05, 0) is 50.2 Å². The Morgan fingerprint density at radius 3 is 2.62 bits per heavy atom. The zero-order valence-corrected chi connectivity index (χ0v) is 21.1. The van der Waals surface area contributed by atoms with Crippen LogP contribution in [-0.4, -0.2) is 39.3 Å². The molecule has 1 aromatic heterocycles. The molecule has 6 nitrogen and oxygen atoms in total. The summed E-state index contributed by atoms with van der Waals surface area (Å²) in [4.78, 5) is 30.8. The standard InChI is InChI=1S/C24H32N4O2S2/c1-5-7-12-27-21(26-11-8-9-16(3)15-26)18(17(4)19(14-25)22(27)29)13-20-23(30)28(10-6-2)24(31)32-20/h13,16H,5-12,15H2,1-4H3. The monoisotopic (exact) mass is 472 g/mol. The third kappa shape index (κ3) is 4.79. The first-order valence-electron chi connectivity index (χ1n) is 11.5. The number of carbonyl (C=O) groups excluding carboxylic acids is 1. The molecule has 0 bridgehead atoms. The van der Waals surface area contributed by atoms with Crippen molar-refractivity contribution in [2.24, 2.45) is 5.92 Å². The van der Waals surface area contributed by atoms with Gasteiger partial charge >= 0.3 is 0 Å².